The molecule has 1 unspecified atom stereocenters. The van der Waals surface area contributed by atoms with Crippen LogP contribution < -0.4 is 16.0 Å². The van der Waals surface area contributed by atoms with Gasteiger partial charge in [-0.3, -0.25) is 24.1 Å². The van der Waals surface area contributed by atoms with Crippen LogP contribution in [0.4, 0.5) is 16.4 Å². The standard InChI is InChI=1S/C27H33N7O3/c1-6-21(19-9-7-16(2)8-10-19)30-27(37)34-24(26(36)33(5)23-11-12-32(4)31-23)20(25(34)35)14-18-13-17(3)29-22(28)15-18/h7-13,15,20-21,24H,6,14H2,1-5H3,(H2,28,29)(H,30,37)/t20-,21?,24+/m1/s1. The molecule has 0 saturated carbocycles. The number of hydrogen-bond acceptors (Lipinski definition) is 6. The number of β-lactam (4-membered cyclic amide) rings is 1. The number of imide groups is 1. The Morgan fingerprint density at radius 3 is 2.46 bits per heavy atom. The number of likely N-dealkylation sites (N-methyl/N-ethyl adjacent to an activating group) is 1. The quantitative estimate of drug-likeness (QED) is 0.478. The lowest BCUT2D eigenvalue weighted by Crippen LogP contribution is -2.70. The maximum absolute atomic E-state index is 13.7. The normalized spacial score (nSPS) is 17.8. The zero-order chi connectivity index (χ0) is 26.9. The van der Waals surface area contributed by atoms with Gasteiger partial charge < -0.3 is 11.1 Å². The Labute approximate surface area is 216 Å². The Balaban J connectivity index is 1.60. The lowest BCUT2D eigenvalue weighted by Gasteiger charge is -2.45. The number of anilines is 2. The highest BCUT2D eigenvalue weighted by Crippen LogP contribution is 2.33. The number of benzene rings is 1. The second kappa shape index (κ2) is 10.4. The van der Waals surface area contributed by atoms with E-state index in [0.717, 1.165) is 21.6 Å². The first kappa shape index (κ1) is 25.9. The Bertz CT molecular complexity index is 1300. The number of carbonyl (C=O) groups is 3. The van der Waals surface area contributed by atoms with E-state index in [1.54, 1.807) is 37.1 Å². The Morgan fingerprint density at radius 1 is 1.16 bits per heavy atom. The zero-order valence-corrected chi connectivity index (χ0v) is 21.8. The van der Waals surface area contributed by atoms with Gasteiger partial charge in [0, 0.05) is 32.1 Å². The molecule has 1 fully saturated rings. The Morgan fingerprint density at radius 2 is 1.86 bits per heavy atom. The fourth-order valence-corrected chi connectivity index (χ4v) is 4.73. The van der Waals surface area contributed by atoms with Gasteiger partial charge in [-0.15, -0.1) is 0 Å². The third kappa shape index (κ3) is 5.32. The monoisotopic (exact) mass is 503 g/mol. The van der Waals surface area contributed by atoms with Crippen LogP contribution in [-0.2, 0) is 23.1 Å². The Hall–Kier alpha value is -4.21. The van der Waals surface area contributed by atoms with Gasteiger partial charge >= 0.3 is 6.03 Å². The lowest BCUT2D eigenvalue weighted by atomic mass is 9.81. The molecule has 2 aromatic heterocycles. The summed E-state index contributed by atoms with van der Waals surface area (Å²) in [5.74, 6) is -0.738. The van der Waals surface area contributed by atoms with Crippen LogP contribution in [0, 0.1) is 19.8 Å². The third-order valence-corrected chi connectivity index (χ3v) is 6.73. The highest BCUT2D eigenvalue weighted by Gasteiger charge is 2.55. The second-order valence-corrected chi connectivity index (χ2v) is 9.57. The minimum atomic E-state index is -0.982. The van der Waals surface area contributed by atoms with Gasteiger partial charge in [0.05, 0.1) is 12.0 Å². The average molecular weight is 504 g/mol. The first-order chi connectivity index (χ1) is 17.6. The third-order valence-electron chi connectivity index (χ3n) is 6.73. The molecular weight excluding hydrogens is 470 g/mol. The van der Waals surface area contributed by atoms with E-state index in [2.05, 4.69) is 15.4 Å². The van der Waals surface area contributed by atoms with Crippen molar-refractivity contribution >= 4 is 29.5 Å². The molecule has 0 bridgehead atoms. The first-order valence-electron chi connectivity index (χ1n) is 12.3. The molecule has 0 radical (unpaired) electrons. The summed E-state index contributed by atoms with van der Waals surface area (Å²) in [4.78, 5) is 47.0. The fraction of sp³-hybridized carbons (Fsp3) is 0.370. The minimum absolute atomic E-state index is 0.262. The van der Waals surface area contributed by atoms with Crippen LogP contribution in [0.5, 0.6) is 0 Å². The van der Waals surface area contributed by atoms with Gasteiger partial charge in [-0.1, -0.05) is 36.8 Å². The fourth-order valence-electron chi connectivity index (χ4n) is 4.73. The second-order valence-electron chi connectivity index (χ2n) is 9.57. The van der Waals surface area contributed by atoms with Gasteiger partial charge in [0.2, 0.25) is 5.91 Å². The summed E-state index contributed by atoms with van der Waals surface area (Å²) in [7, 11) is 3.35. The van der Waals surface area contributed by atoms with E-state index in [0.29, 0.717) is 23.8 Å². The van der Waals surface area contributed by atoms with E-state index in [4.69, 9.17) is 5.73 Å². The van der Waals surface area contributed by atoms with Gasteiger partial charge in [-0.25, -0.2) is 9.78 Å². The van der Waals surface area contributed by atoms with E-state index >= 15 is 0 Å². The molecule has 10 nitrogen and oxygen atoms in total. The van der Waals surface area contributed by atoms with Crippen molar-refractivity contribution in [2.45, 2.75) is 45.7 Å². The van der Waals surface area contributed by atoms with Crippen molar-refractivity contribution in [3.05, 3.63) is 71.0 Å². The predicted octanol–water partition coefficient (Wildman–Crippen LogP) is 2.91. The zero-order valence-electron chi connectivity index (χ0n) is 21.8. The molecule has 1 aliphatic heterocycles. The largest absolute Gasteiger partial charge is 0.384 e. The van der Waals surface area contributed by atoms with Crippen molar-refractivity contribution in [1.82, 2.24) is 25.0 Å². The molecule has 37 heavy (non-hydrogen) atoms. The maximum Gasteiger partial charge on any atom is 0.325 e. The number of urea groups is 1. The number of amides is 4. The van der Waals surface area contributed by atoms with Crippen molar-refractivity contribution in [3.8, 4) is 0 Å². The molecule has 3 atom stereocenters. The molecule has 0 aliphatic carbocycles. The van der Waals surface area contributed by atoms with Crippen LogP contribution in [-0.4, -0.2) is 50.6 Å². The summed E-state index contributed by atoms with van der Waals surface area (Å²) in [6, 6.07) is 11.2. The summed E-state index contributed by atoms with van der Waals surface area (Å²) in [6.45, 7) is 5.77. The molecule has 1 aliphatic rings. The topological polar surface area (TPSA) is 126 Å². The molecule has 4 amide bonds. The van der Waals surface area contributed by atoms with Gasteiger partial charge in [0.1, 0.15) is 11.9 Å². The molecule has 4 rings (SSSR count). The molecule has 3 aromatic rings. The number of aryl methyl sites for hydroxylation is 3. The van der Waals surface area contributed by atoms with E-state index in [-0.39, 0.29) is 18.4 Å². The number of pyridine rings is 1. The molecule has 3 heterocycles. The number of likely N-dealkylation sites (tertiary alicyclic amines) is 1. The predicted molar refractivity (Wildman–Crippen MR) is 141 cm³/mol. The van der Waals surface area contributed by atoms with Crippen LogP contribution in [0.25, 0.3) is 0 Å². The smallest absolute Gasteiger partial charge is 0.325 e. The number of nitrogens with one attached hydrogen (secondary N) is 1. The van der Waals surface area contributed by atoms with Crippen molar-refractivity contribution in [3.63, 3.8) is 0 Å². The number of nitrogens with two attached hydrogens (primary N) is 1. The molecule has 194 valence electrons. The lowest BCUT2D eigenvalue weighted by molar-refractivity contribution is -0.156. The van der Waals surface area contributed by atoms with Crippen LogP contribution >= 0.6 is 0 Å². The molecule has 0 spiro atoms. The number of rotatable bonds is 7. The van der Waals surface area contributed by atoms with Crippen LogP contribution in [0.1, 0.15) is 41.8 Å². The van der Waals surface area contributed by atoms with Crippen LogP contribution in [0.15, 0.2) is 48.7 Å². The molecule has 3 N–H and O–H groups in total. The molecule has 1 saturated heterocycles. The van der Waals surface area contributed by atoms with E-state index < -0.39 is 23.9 Å². The van der Waals surface area contributed by atoms with E-state index in [1.807, 2.05) is 51.1 Å². The summed E-state index contributed by atoms with van der Waals surface area (Å²) < 4.78 is 1.59. The van der Waals surface area contributed by atoms with Crippen LogP contribution in [0.2, 0.25) is 0 Å². The van der Waals surface area contributed by atoms with Crippen molar-refractivity contribution < 1.29 is 14.4 Å². The van der Waals surface area contributed by atoms with Gasteiger partial charge in [0.25, 0.3) is 5.91 Å². The summed E-state index contributed by atoms with van der Waals surface area (Å²) in [6.07, 6.45) is 2.61. The number of hydrogen-bond donors (Lipinski definition) is 2. The summed E-state index contributed by atoms with van der Waals surface area (Å²) in [5.41, 5.74) is 9.45. The Kier molecular flexibility index (Phi) is 7.28. The van der Waals surface area contributed by atoms with Gasteiger partial charge in [-0.2, -0.15) is 5.10 Å². The number of carbonyl (C=O) groups excluding carboxylic acids is 3. The van der Waals surface area contributed by atoms with Gasteiger partial charge in [0.15, 0.2) is 5.82 Å². The maximum atomic E-state index is 13.7. The van der Waals surface area contributed by atoms with E-state index in [9.17, 15) is 14.4 Å². The van der Waals surface area contributed by atoms with Crippen molar-refractivity contribution in [2.75, 3.05) is 17.7 Å². The van der Waals surface area contributed by atoms with Crippen molar-refractivity contribution in [2.24, 2.45) is 13.0 Å². The highest BCUT2D eigenvalue weighted by molar-refractivity contribution is 6.12. The summed E-state index contributed by atoms with van der Waals surface area (Å²) >= 11 is 0. The molecule has 1 aromatic carbocycles. The SMILES string of the molecule is CCC(NC(=O)N1C(=O)[C@H](Cc2cc(C)nc(N)c2)[C@H]1C(=O)N(C)c1ccn(C)n1)c1ccc(C)cc1. The minimum Gasteiger partial charge on any atom is -0.384 e. The molecular formula is C27H33N7O3. The molecule has 10 heteroatoms. The number of nitrogen functional groups attached to an aromatic ring is 1. The van der Waals surface area contributed by atoms with Gasteiger partial charge in [-0.05, 0) is 49.9 Å². The van der Waals surface area contributed by atoms with Crippen LogP contribution in [0.3, 0.4) is 0 Å². The highest BCUT2D eigenvalue weighted by atomic mass is 16.2. The number of nitrogens with zero attached hydrogens (tertiary/aromatic N) is 5. The summed E-state index contributed by atoms with van der Waals surface area (Å²) in [5, 5.41) is 7.25. The average Bonchev–Trinajstić information content (AvgIpc) is 3.29. The van der Waals surface area contributed by atoms with Crippen molar-refractivity contribution in [1.29, 1.82) is 0 Å². The number of aromatic nitrogens is 3. The first-order valence-corrected chi connectivity index (χ1v) is 12.3. The van der Waals surface area contributed by atoms with E-state index in [1.165, 1.54) is 4.90 Å².